The van der Waals surface area contributed by atoms with Gasteiger partial charge in [-0.1, -0.05) is 0 Å². The Morgan fingerprint density at radius 1 is 1.43 bits per heavy atom. The van der Waals surface area contributed by atoms with Crippen LogP contribution in [0.1, 0.15) is 12.5 Å². The van der Waals surface area contributed by atoms with Crippen LogP contribution in [-0.2, 0) is 0 Å². The van der Waals surface area contributed by atoms with E-state index < -0.39 is 0 Å². The molecule has 0 amide bonds. The summed E-state index contributed by atoms with van der Waals surface area (Å²) in [5.41, 5.74) is 8.83. The third kappa shape index (κ3) is 1.92. The number of hydrogen-bond acceptors (Lipinski definition) is 3. The van der Waals surface area contributed by atoms with Gasteiger partial charge in [0.05, 0.1) is 12.8 Å². The molecule has 0 saturated heterocycles. The molecular weight excluding hydrogens is 176 g/mol. The van der Waals surface area contributed by atoms with Crippen LogP contribution in [0.5, 0.6) is 5.75 Å². The maximum Gasteiger partial charge on any atom is 0.143 e. The van der Waals surface area contributed by atoms with Crippen LogP contribution >= 0.6 is 0 Å². The average Bonchev–Trinajstić information content (AvgIpc) is 2.17. The lowest BCUT2D eigenvalue weighted by atomic mass is 10.1. The average molecular weight is 194 g/mol. The fraction of sp³-hybridized carbons (Fsp3) is 0.455. The molecule has 0 radical (unpaired) electrons. The highest BCUT2D eigenvalue weighted by atomic mass is 16.5. The monoisotopic (exact) mass is 194 g/mol. The number of anilines is 2. The lowest BCUT2D eigenvalue weighted by Gasteiger charge is -2.20. The molecule has 78 valence electrons. The predicted octanol–water partition coefficient (Wildman–Crippen LogP) is 2.04. The van der Waals surface area contributed by atoms with Gasteiger partial charge < -0.3 is 15.4 Å². The lowest BCUT2D eigenvalue weighted by molar-refractivity contribution is 0.417. The smallest absolute Gasteiger partial charge is 0.143 e. The van der Waals surface area contributed by atoms with Gasteiger partial charge in [-0.3, -0.25) is 0 Å². The van der Waals surface area contributed by atoms with Crippen LogP contribution in [0, 0.1) is 6.92 Å². The molecule has 0 unspecified atom stereocenters. The van der Waals surface area contributed by atoms with Crippen LogP contribution in [0.4, 0.5) is 11.4 Å². The van der Waals surface area contributed by atoms with E-state index >= 15 is 0 Å². The maximum absolute atomic E-state index is 5.80. The molecule has 0 atom stereocenters. The zero-order chi connectivity index (χ0) is 10.7. The minimum absolute atomic E-state index is 0.693. The lowest BCUT2D eigenvalue weighted by Crippen LogP contribution is -2.17. The molecule has 14 heavy (non-hydrogen) atoms. The summed E-state index contributed by atoms with van der Waals surface area (Å²) >= 11 is 0. The summed E-state index contributed by atoms with van der Waals surface area (Å²) in [5.74, 6) is 0.742. The normalized spacial score (nSPS) is 10.0. The Balaban J connectivity index is 3.17. The molecule has 0 aliphatic rings. The number of hydrogen-bond donors (Lipinski definition) is 1. The first-order chi connectivity index (χ1) is 6.60. The van der Waals surface area contributed by atoms with E-state index in [9.17, 15) is 0 Å². The second-order valence-corrected chi connectivity index (χ2v) is 3.39. The van der Waals surface area contributed by atoms with Crippen molar-refractivity contribution in [3.63, 3.8) is 0 Å². The van der Waals surface area contributed by atoms with Crippen molar-refractivity contribution >= 4 is 11.4 Å². The molecule has 0 saturated carbocycles. The Morgan fingerprint density at radius 3 is 2.57 bits per heavy atom. The fourth-order valence-electron chi connectivity index (χ4n) is 1.46. The number of benzene rings is 1. The summed E-state index contributed by atoms with van der Waals surface area (Å²) in [4.78, 5) is 2.16. The predicted molar refractivity (Wildman–Crippen MR) is 61.1 cm³/mol. The van der Waals surface area contributed by atoms with Crippen LogP contribution in [0.25, 0.3) is 0 Å². The first-order valence-corrected chi connectivity index (χ1v) is 4.75. The molecule has 0 bridgehead atoms. The van der Waals surface area contributed by atoms with Crippen LogP contribution in [0.15, 0.2) is 12.1 Å². The molecule has 2 N–H and O–H groups in total. The molecule has 3 nitrogen and oxygen atoms in total. The minimum atomic E-state index is 0.693. The van der Waals surface area contributed by atoms with Gasteiger partial charge in [-0.15, -0.1) is 0 Å². The Labute approximate surface area is 85.5 Å². The molecule has 1 rings (SSSR count). The van der Waals surface area contributed by atoms with Gasteiger partial charge in [0.15, 0.2) is 0 Å². The highest BCUT2D eigenvalue weighted by Gasteiger charge is 2.07. The van der Waals surface area contributed by atoms with E-state index in [1.54, 1.807) is 7.11 Å². The molecule has 0 aliphatic carbocycles. The van der Waals surface area contributed by atoms with E-state index in [0.29, 0.717) is 5.69 Å². The summed E-state index contributed by atoms with van der Waals surface area (Å²) < 4.78 is 5.18. The second kappa shape index (κ2) is 4.22. The van der Waals surface area contributed by atoms with E-state index in [1.807, 2.05) is 12.1 Å². The summed E-state index contributed by atoms with van der Waals surface area (Å²) in [7, 11) is 3.69. The van der Waals surface area contributed by atoms with Gasteiger partial charge in [0.2, 0.25) is 0 Å². The van der Waals surface area contributed by atoms with Gasteiger partial charge in [0.1, 0.15) is 5.75 Å². The molecular formula is C11H18N2O. The largest absolute Gasteiger partial charge is 0.495 e. The van der Waals surface area contributed by atoms with Gasteiger partial charge in [-0.05, 0) is 25.5 Å². The number of methoxy groups -OCH3 is 1. The number of aryl methyl sites for hydroxylation is 1. The Kier molecular flexibility index (Phi) is 3.23. The van der Waals surface area contributed by atoms with Gasteiger partial charge in [-0.2, -0.15) is 0 Å². The quantitative estimate of drug-likeness (QED) is 0.748. The van der Waals surface area contributed by atoms with E-state index in [-0.39, 0.29) is 0 Å². The number of rotatable bonds is 3. The van der Waals surface area contributed by atoms with E-state index in [2.05, 4.69) is 25.8 Å². The highest BCUT2D eigenvalue weighted by molar-refractivity contribution is 5.66. The summed E-state index contributed by atoms with van der Waals surface area (Å²) in [6, 6.07) is 3.93. The number of ether oxygens (including phenoxy) is 1. The standard InChI is InChI=1S/C11H18N2O/c1-5-13(3)10-7-11(14-4)9(12)6-8(10)2/h6-7H,5,12H2,1-4H3. The van der Waals surface area contributed by atoms with E-state index in [1.165, 1.54) is 11.3 Å². The van der Waals surface area contributed by atoms with Crippen molar-refractivity contribution in [1.29, 1.82) is 0 Å². The number of nitrogen functional groups attached to an aromatic ring is 1. The van der Waals surface area contributed by atoms with Crippen LogP contribution in [-0.4, -0.2) is 20.7 Å². The fourth-order valence-corrected chi connectivity index (χ4v) is 1.46. The number of nitrogens with two attached hydrogens (primary N) is 1. The maximum atomic E-state index is 5.80. The molecule has 0 aliphatic heterocycles. The van der Waals surface area contributed by atoms with Gasteiger partial charge in [0.25, 0.3) is 0 Å². The van der Waals surface area contributed by atoms with Crippen LogP contribution in [0.3, 0.4) is 0 Å². The molecule has 0 fully saturated rings. The van der Waals surface area contributed by atoms with Gasteiger partial charge >= 0.3 is 0 Å². The molecule has 0 aromatic heterocycles. The summed E-state index contributed by atoms with van der Waals surface area (Å²) in [5, 5.41) is 0. The first kappa shape index (κ1) is 10.7. The van der Waals surface area contributed by atoms with E-state index in [0.717, 1.165) is 12.3 Å². The van der Waals surface area contributed by atoms with Gasteiger partial charge in [0, 0.05) is 25.3 Å². The Hall–Kier alpha value is -1.38. The minimum Gasteiger partial charge on any atom is -0.495 e. The first-order valence-electron chi connectivity index (χ1n) is 4.75. The van der Waals surface area contributed by atoms with Crippen molar-refractivity contribution in [2.24, 2.45) is 0 Å². The van der Waals surface area contributed by atoms with Crippen molar-refractivity contribution in [3.8, 4) is 5.75 Å². The molecule has 0 heterocycles. The van der Waals surface area contributed by atoms with Crippen molar-refractivity contribution in [1.82, 2.24) is 0 Å². The number of nitrogens with zero attached hydrogens (tertiary/aromatic N) is 1. The van der Waals surface area contributed by atoms with Gasteiger partial charge in [-0.25, -0.2) is 0 Å². The van der Waals surface area contributed by atoms with E-state index in [4.69, 9.17) is 10.5 Å². The zero-order valence-electron chi connectivity index (χ0n) is 9.29. The molecule has 0 spiro atoms. The second-order valence-electron chi connectivity index (χ2n) is 3.39. The van der Waals surface area contributed by atoms with Crippen molar-refractivity contribution in [2.75, 3.05) is 31.3 Å². The third-order valence-electron chi connectivity index (χ3n) is 2.43. The van der Waals surface area contributed by atoms with Crippen LogP contribution < -0.4 is 15.4 Å². The molecule has 1 aromatic rings. The summed E-state index contributed by atoms with van der Waals surface area (Å²) in [6.07, 6.45) is 0. The topological polar surface area (TPSA) is 38.5 Å². The molecule has 1 aromatic carbocycles. The van der Waals surface area contributed by atoms with Crippen molar-refractivity contribution < 1.29 is 4.74 Å². The summed E-state index contributed by atoms with van der Waals surface area (Å²) in [6.45, 7) is 5.13. The SMILES string of the molecule is CCN(C)c1cc(OC)c(N)cc1C. The van der Waals surface area contributed by atoms with Crippen molar-refractivity contribution in [2.45, 2.75) is 13.8 Å². The van der Waals surface area contributed by atoms with Crippen LogP contribution in [0.2, 0.25) is 0 Å². The molecule has 3 heteroatoms. The highest BCUT2D eigenvalue weighted by Crippen LogP contribution is 2.30. The third-order valence-corrected chi connectivity index (χ3v) is 2.43. The van der Waals surface area contributed by atoms with Crippen molar-refractivity contribution in [3.05, 3.63) is 17.7 Å². The Morgan fingerprint density at radius 2 is 2.07 bits per heavy atom. The zero-order valence-corrected chi connectivity index (χ0v) is 9.29. The Bertz CT molecular complexity index is 323.